The van der Waals surface area contributed by atoms with Gasteiger partial charge in [0.2, 0.25) is 0 Å². The van der Waals surface area contributed by atoms with Crippen LogP contribution < -0.4 is 5.73 Å². The van der Waals surface area contributed by atoms with Gasteiger partial charge in [0, 0.05) is 47.6 Å². The molecule has 0 spiro atoms. The maximum Gasteiger partial charge on any atom is 0.198 e. The van der Waals surface area contributed by atoms with E-state index in [0.29, 0.717) is 0 Å². The minimum atomic E-state index is -1.97. The van der Waals surface area contributed by atoms with Crippen molar-refractivity contribution in [3.8, 4) is 11.5 Å². The topological polar surface area (TPSA) is 177 Å². The van der Waals surface area contributed by atoms with Crippen molar-refractivity contribution in [3.05, 3.63) is 57.6 Å². The van der Waals surface area contributed by atoms with Gasteiger partial charge in [0.25, 0.3) is 0 Å². The van der Waals surface area contributed by atoms with Crippen LogP contribution in [0.15, 0.2) is 24.3 Å². The van der Waals surface area contributed by atoms with Crippen LogP contribution in [0.5, 0.6) is 11.5 Å². The fraction of sp³-hybridized carbons (Fsp3) is 0.423. The predicted octanol–water partition coefficient (Wildman–Crippen LogP) is 1.02. The van der Waals surface area contributed by atoms with E-state index in [9.17, 15) is 34.8 Å². The Morgan fingerprint density at radius 3 is 2.25 bits per heavy atom. The molecule has 0 aromatic heterocycles. The Morgan fingerprint density at radius 2 is 1.69 bits per heavy atom. The van der Waals surface area contributed by atoms with Crippen LogP contribution in [0.3, 0.4) is 0 Å². The maximum atomic E-state index is 13.3. The van der Waals surface area contributed by atoms with E-state index in [2.05, 4.69) is 0 Å². The Morgan fingerprint density at radius 1 is 1.11 bits per heavy atom. The number of hydrogen-bond acceptors (Lipinski definition) is 10. The van der Waals surface area contributed by atoms with E-state index in [-0.39, 0.29) is 46.2 Å². The monoisotopic (exact) mass is 497 g/mol. The Bertz CT molecular complexity index is 1290. The van der Waals surface area contributed by atoms with E-state index in [0.717, 1.165) is 0 Å². The summed E-state index contributed by atoms with van der Waals surface area (Å²) in [6, 6.07) is 5.40. The number of aromatic hydroxyl groups is 2. The molecule has 10 nitrogen and oxygen atoms in total. The molecule has 10 heteroatoms. The molecule has 190 valence electrons. The molecule has 0 saturated carbocycles. The molecule has 4 unspecified atom stereocenters. The minimum absolute atomic E-state index is 0.00588. The van der Waals surface area contributed by atoms with Gasteiger partial charge in [-0.2, -0.15) is 0 Å². The van der Waals surface area contributed by atoms with Crippen LogP contribution in [-0.2, 0) is 20.7 Å². The van der Waals surface area contributed by atoms with Crippen LogP contribution in [0.25, 0.3) is 0 Å². The van der Waals surface area contributed by atoms with Crippen molar-refractivity contribution in [3.63, 3.8) is 0 Å². The second kappa shape index (κ2) is 8.46. The maximum absolute atomic E-state index is 13.3. The van der Waals surface area contributed by atoms with Gasteiger partial charge in [-0.05, 0) is 13.8 Å². The highest BCUT2D eigenvalue weighted by atomic mass is 16.7. The third-order valence-electron chi connectivity index (χ3n) is 7.50. The van der Waals surface area contributed by atoms with Gasteiger partial charge < -0.3 is 35.6 Å². The van der Waals surface area contributed by atoms with Crippen molar-refractivity contribution in [1.82, 2.24) is 0 Å². The van der Waals surface area contributed by atoms with E-state index >= 15 is 0 Å². The molecule has 3 aliphatic rings. The number of Topliss-reactive ketones (excluding diaryl/α,β-unsaturated/α-hetero) is 1. The Kier molecular flexibility index (Phi) is 5.77. The van der Waals surface area contributed by atoms with Gasteiger partial charge in [-0.25, -0.2) is 0 Å². The molecule has 1 aliphatic heterocycles. The Labute approximate surface area is 206 Å². The first-order valence-corrected chi connectivity index (χ1v) is 11.7. The third-order valence-corrected chi connectivity index (χ3v) is 7.50. The van der Waals surface area contributed by atoms with Crippen LogP contribution in [0, 0.1) is 0 Å². The lowest BCUT2D eigenvalue weighted by molar-refractivity contribution is -0.247. The molecule has 1 saturated heterocycles. The van der Waals surface area contributed by atoms with Crippen molar-refractivity contribution < 1.29 is 44.3 Å². The Balaban J connectivity index is 1.66. The molecule has 6 N–H and O–H groups in total. The zero-order chi connectivity index (χ0) is 26.1. The zero-order valence-electron chi connectivity index (χ0n) is 19.7. The summed E-state index contributed by atoms with van der Waals surface area (Å²) in [6.07, 6.45) is -4.38. The molecule has 6 atom stereocenters. The number of ketones is 3. The normalized spacial score (nSPS) is 31.4. The smallest absolute Gasteiger partial charge is 0.198 e. The highest BCUT2D eigenvalue weighted by Crippen LogP contribution is 2.51. The average molecular weight is 498 g/mol. The predicted molar refractivity (Wildman–Crippen MR) is 124 cm³/mol. The van der Waals surface area contributed by atoms with E-state index in [1.165, 1.54) is 19.1 Å². The summed E-state index contributed by atoms with van der Waals surface area (Å²) in [4.78, 5) is 39.0. The molecule has 0 amide bonds. The van der Waals surface area contributed by atoms with Crippen LogP contribution in [0.4, 0.5) is 0 Å². The molecular weight excluding hydrogens is 470 g/mol. The summed E-state index contributed by atoms with van der Waals surface area (Å²) >= 11 is 0. The van der Waals surface area contributed by atoms with Crippen molar-refractivity contribution in [2.24, 2.45) is 5.73 Å². The molecular formula is C26H27NO9. The molecule has 2 aromatic rings. The first kappa shape index (κ1) is 24.5. The molecule has 36 heavy (non-hydrogen) atoms. The minimum Gasteiger partial charge on any atom is -0.507 e. The van der Waals surface area contributed by atoms with Crippen molar-refractivity contribution in [2.45, 2.75) is 69.4 Å². The van der Waals surface area contributed by atoms with Gasteiger partial charge in [0.1, 0.15) is 17.1 Å². The average Bonchev–Trinajstić information content (AvgIpc) is 2.82. The molecule has 2 aliphatic carbocycles. The molecule has 1 heterocycles. The number of nitrogens with two attached hydrogens (primary N) is 1. The number of phenolic OH excluding ortho intramolecular Hbond substituents is 2. The molecule has 1 fully saturated rings. The number of carbonyl (C=O) groups excluding carboxylic acids is 3. The quantitative estimate of drug-likeness (QED) is 0.328. The number of rotatable bonds is 3. The first-order chi connectivity index (χ1) is 16.9. The summed E-state index contributed by atoms with van der Waals surface area (Å²) in [5, 5.41) is 43.8. The molecule has 2 aromatic carbocycles. The van der Waals surface area contributed by atoms with Gasteiger partial charge in [-0.15, -0.1) is 0 Å². The van der Waals surface area contributed by atoms with E-state index in [4.69, 9.17) is 15.2 Å². The number of hydrogen-bond donors (Lipinski definition) is 5. The summed E-state index contributed by atoms with van der Waals surface area (Å²) in [5.74, 6) is -3.06. The van der Waals surface area contributed by atoms with E-state index in [1.54, 1.807) is 19.1 Å². The van der Waals surface area contributed by atoms with Gasteiger partial charge in [0.05, 0.1) is 29.4 Å². The second-order valence-corrected chi connectivity index (χ2v) is 9.80. The number of aliphatic hydroxyl groups excluding tert-OH is 1. The van der Waals surface area contributed by atoms with Crippen molar-refractivity contribution in [2.75, 3.05) is 0 Å². The SMILES string of the molecule is CC(=O)[C@]1(O)Cc2c(O)c3c(c(O)c2[C@H](OC2CC(N)C(O)C(C)O2)C1)C(=O)c1ccccc1C3=O. The van der Waals surface area contributed by atoms with Gasteiger partial charge in [-0.3, -0.25) is 14.4 Å². The number of phenols is 2. The number of ether oxygens (including phenoxy) is 2. The number of fused-ring (bicyclic) bond motifs is 3. The fourth-order valence-electron chi connectivity index (χ4n) is 5.42. The first-order valence-electron chi connectivity index (χ1n) is 11.7. The largest absolute Gasteiger partial charge is 0.507 e. The van der Waals surface area contributed by atoms with Gasteiger partial charge in [-0.1, -0.05) is 24.3 Å². The van der Waals surface area contributed by atoms with E-state index < -0.39 is 71.5 Å². The fourth-order valence-corrected chi connectivity index (χ4v) is 5.42. The summed E-state index contributed by atoms with van der Waals surface area (Å²) in [6.45, 7) is 2.80. The van der Waals surface area contributed by atoms with Crippen LogP contribution in [-0.4, -0.2) is 67.9 Å². The number of carbonyl (C=O) groups is 3. The summed E-state index contributed by atoms with van der Waals surface area (Å²) in [7, 11) is 0. The Hall–Kier alpha value is -3.15. The van der Waals surface area contributed by atoms with Gasteiger partial charge >= 0.3 is 0 Å². The number of benzene rings is 2. The summed E-state index contributed by atoms with van der Waals surface area (Å²) < 4.78 is 11.8. The number of aliphatic hydroxyl groups is 2. The highest BCUT2D eigenvalue weighted by molar-refractivity contribution is 6.30. The van der Waals surface area contributed by atoms with Crippen LogP contribution in [0.1, 0.15) is 75.8 Å². The van der Waals surface area contributed by atoms with Crippen LogP contribution in [0.2, 0.25) is 0 Å². The second-order valence-electron chi connectivity index (χ2n) is 9.80. The molecule has 5 rings (SSSR count). The highest BCUT2D eigenvalue weighted by Gasteiger charge is 2.49. The van der Waals surface area contributed by atoms with Crippen LogP contribution >= 0.6 is 0 Å². The standard InChI is InChI=1S/C26H27NO9/c1-10-21(29)15(27)7-17(35-10)36-16-9-26(34,11(2)28)8-14-18(16)25(33)20-19(24(14)32)22(30)12-5-3-4-6-13(12)23(20)31/h3-6,10,15-17,21,29,32-34H,7-9,27H2,1-2H3/t10?,15?,16-,17?,21?,26+/m1/s1. The molecule has 0 bridgehead atoms. The van der Waals surface area contributed by atoms with Gasteiger partial charge in [0.15, 0.2) is 23.6 Å². The van der Waals surface area contributed by atoms with Crippen molar-refractivity contribution >= 4 is 17.3 Å². The third kappa shape index (κ3) is 3.56. The zero-order valence-corrected chi connectivity index (χ0v) is 19.7. The lowest BCUT2D eigenvalue weighted by Gasteiger charge is -2.42. The van der Waals surface area contributed by atoms with E-state index in [1.807, 2.05) is 0 Å². The van der Waals surface area contributed by atoms with Crippen molar-refractivity contribution in [1.29, 1.82) is 0 Å². The summed E-state index contributed by atoms with van der Waals surface area (Å²) in [5.41, 5.74) is 3.38. The lowest BCUT2D eigenvalue weighted by atomic mass is 9.72. The molecule has 0 radical (unpaired) electrons. The lowest BCUT2D eigenvalue weighted by Crippen LogP contribution is -2.52.